The minimum absolute atomic E-state index is 0.491. The summed E-state index contributed by atoms with van der Waals surface area (Å²) < 4.78 is 0. The zero-order chi connectivity index (χ0) is 9.10. The van der Waals surface area contributed by atoms with Gasteiger partial charge in [0.15, 0.2) is 5.82 Å². The summed E-state index contributed by atoms with van der Waals surface area (Å²) in [6.07, 6.45) is 7.53. The average Bonchev–Trinajstić information content (AvgIpc) is 2.19. The molecule has 0 fully saturated rings. The SMILES string of the molecule is Nc1ccnc(C2=CNCC=C2)n1. The maximum atomic E-state index is 5.54. The van der Waals surface area contributed by atoms with Gasteiger partial charge in [0.05, 0.1) is 0 Å². The maximum absolute atomic E-state index is 5.54. The molecule has 3 N–H and O–H groups in total. The summed E-state index contributed by atoms with van der Waals surface area (Å²) in [6.45, 7) is 0.853. The van der Waals surface area contributed by atoms with Crippen LogP contribution < -0.4 is 11.1 Å². The van der Waals surface area contributed by atoms with Crippen LogP contribution in [0.4, 0.5) is 5.82 Å². The van der Waals surface area contributed by atoms with Crippen LogP contribution in [0.1, 0.15) is 5.82 Å². The third kappa shape index (κ3) is 1.66. The van der Waals surface area contributed by atoms with Crippen molar-refractivity contribution in [2.45, 2.75) is 0 Å². The zero-order valence-electron chi connectivity index (χ0n) is 7.07. The Balaban J connectivity index is 2.35. The highest BCUT2D eigenvalue weighted by Crippen LogP contribution is 2.12. The molecule has 0 unspecified atom stereocenters. The molecule has 0 bridgehead atoms. The Labute approximate surface area is 76.2 Å². The highest BCUT2D eigenvalue weighted by molar-refractivity contribution is 5.70. The minimum Gasteiger partial charge on any atom is -0.387 e. The topological polar surface area (TPSA) is 63.8 Å². The van der Waals surface area contributed by atoms with Gasteiger partial charge in [0.25, 0.3) is 0 Å². The van der Waals surface area contributed by atoms with Crippen LogP contribution in [0.5, 0.6) is 0 Å². The lowest BCUT2D eigenvalue weighted by molar-refractivity contribution is 0.969. The molecular weight excluding hydrogens is 164 g/mol. The van der Waals surface area contributed by atoms with Crippen molar-refractivity contribution >= 4 is 11.4 Å². The summed E-state index contributed by atoms with van der Waals surface area (Å²) in [5.74, 6) is 1.15. The van der Waals surface area contributed by atoms with Gasteiger partial charge in [-0.15, -0.1) is 0 Å². The molecule has 0 aliphatic carbocycles. The molecule has 1 aliphatic heterocycles. The van der Waals surface area contributed by atoms with Crippen molar-refractivity contribution in [3.05, 3.63) is 36.4 Å². The van der Waals surface area contributed by atoms with E-state index in [-0.39, 0.29) is 0 Å². The fourth-order valence-electron chi connectivity index (χ4n) is 1.12. The van der Waals surface area contributed by atoms with Gasteiger partial charge in [-0.25, -0.2) is 9.97 Å². The average molecular weight is 174 g/mol. The lowest BCUT2D eigenvalue weighted by Gasteiger charge is -2.06. The van der Waals surface area contributed by atoms with Crippen molar-refractivity contribution in [2.75, 3.05) is 12.3 Å². The van der Waals surface area contributed by atoms with E-state index in [1.54, 1.807) is 12.3 Å². The van der Waals surface area contributed by atoms with Gasteiger partial charge in [-0.2, -0.15) is 0 Å². The van der Waals surface area contributed by atoms with Crippen molar-refractivity contribution in [3.63, 3.8) is 0 Å². The zero-order valence-corrected chi connectivity index (χ0v) is 7.07. The number of allylic oxidation sites excluding steroid dienone is 2. The molecular formula is C9H10N4. The second-order valence-corrected chi connectivity index (χ2v) is 2.72. The van der Waals surface area contributed by atoms with Crippen LogP contribution in [-0.2, 0) is 0 Å². The van der Waals surface area contributed by atoms with E-state index in [2.05, 4.69) is 15.3 Å². The Morgan fingerprint density at radius 1 is 1.46 bits per heavy atom. The summed E-state index contributed by atoms with van der Waals surface area (Å²) in [5, 5.41) is 3.08. The number of hydrogen-bond donors (Lipinski definition) is 2. The normalized spacial score (nSPS) is 14.9. The summed E-state index contributed by atoms with van der Waals surface area (Å²) in [6, 6.07) is 1.67. The number of nitrogens with zero attached hydrogens (tertiary/aromatic N) is 2. The first-order valence-corrected chi connectivity index (χ1v) is 4.05. The van der Waals surface area contributed by atoms with Gasteiger partial charge in [-0.05, 0) is 6.07 Å². The lowest BCUT2D eigenvalue weighted by atomic mass is 10.2. The molecule has 0 atom stereocenters. The van der Waals surface area contributed by atoms with Crippen molar-refractivity contribution in [1.82, 2.24) is 15.3 Å². The van der Waals surface area contributed by atoms with Crippen LogP contribution in [-0.4, -0.2) is 16.5 Å². The van der Waals surface area contributed by atoms with E-state index in [9.17, 15) is 0 Å². The largest absolute Gasteiger partial charge is 0.387 e. The first-order valence-electron chi connectivity index (χ1n) is 4.05. The van der Waals surface area contributed by atoms with Gasteiger partial charge in [-0.3, -0.25) is 0 Å². The van der Waals surface area contributed by atoms with Gasteiger partial charge in [0.1, 0.15) is 5.82 Å². The lowest BCUT2D eigenvalue weighted by Crippen LogP contribution is -2.10. The Morgan fingerprint density at radius 2 is 2.38 bits per heavy atom. The second-order valence-electron chi connectivity index (χ2n) is 2.72. The fraction of sp³-hybridized carbons (Fsp3) is 0.111. The molecule has 2 rings (SSSR count). The quantitative estimate of drug-likeness (QED) is 0.653. The highest BCUT2D eigenvalue weighted by atomic mass is 14.9. The van der Waals surface area contributed by atoms with E-state index in [0.29, 0.717) is 11.6 Å². The fourth-order valence-corrected chi connectivity index (χ4v) is 1.12. The van der Waals surface area contributed by atoms with Gasteiger partial charge < -0.3 is 11.1 Å². The monoisotopic (exact) mass is 174 g/mol. The van der Waals surface area contributed by atoms with Crippen molar-refractivity contribution in [2.24, 2.45) is 0 Å². The van der Waals surface area contributed by atoms with E-state index in [4.69, 9.17) is 5.73 Å². The molecule has 1 aliphatic rings. The molecule has 0 amide bonds. The minimum atomic E-state index is 0.491. The van der Waals surface area contributed by atoms with Crippen LogP contribution in [0.2, 0.25) is 0 Å². The molecule has 66 valence electrons. The number of nitrogen functional groups attached to an aromatic ring is 1. The van der Waals surface area contributed by atoms with E-state index >= 15 is 0 Å². The van der Waals surface area contributed by atoms with Crippen LogP contribution in [0.25, 0.3) is 5.57 Å². The van der Waals surface area contributed by atoms with Crippen molar-refractivity contribution in [1.29, 1.82) is 0 Å². The molecule has 0 spiro atoms. The smallest absolute Gasteiger partial charge is 0.162 e. The van der Waals surface area contributed by atoms with Crippen LogP contribution in [0.15, 0.2) is 30.6 Å². The van der Waals surface area contributed by atoms with Gasteiger partial charge in [-0.1, -0.05) is 12.2 Å². The number of nitrogens with one attached hydrogen (secondary N) is 1. The summed E-state index contributed by atoms with van der Waals surface area (Å²) in [4.78, 5) is 8.22. The molecule has 0 aromatic carbocycles. The Morgan fingerprint density at radius 3 is 3.08 bits per heavy atom. The van der Waals surface area contributed by atoms with Gasteiger partial charge in [0, 0.05) is 24.5 Å². The molecule has 0 saturated heterocycles. The van der Waals surface area contributed by atoms with Gasteiger partial charge >= 0.3 is 0 Å². The first kappa shape index (κ1) is 7.79. The second kappa shape index (κ2) is 3.26. The summed E-state index contributed by atoms with van der Waals surface area (Å²) in [5.41, 5.74) is 6.50. The molecule has 1 aromatic rings. The Bertz CT molecular complexity index is 368. The third-order valence-corrected chi connectivity index (χ3v) is 1.73. The molecule has 1 aromatic heterocycles. The van der Waals surface area contributed by atoms with E-state index in [0.717, 1.165) is 12.1 Å². The summed E-state index contributed by atoms with van der Waals surface area (Å²) >= 11 is 0. The number of nitrogens with two attached hydrogens (primary N) is 1. The van der Waals surface area contributed by atoms with Crippen molar-refractivity contribution in [3.8, 4) is 0 Å². The number of hydrogen-bond acceptors (Lipinski definition) is 4. The maximum Gasteiger partial charge on any atom is 0.162 e. The number of aromatic nitrogens is 2. The van der Waals surface area contributed by atoms with Crippen LogP contribution in [0.3, 0.4) is 0 Å². The van der Waals surface area contributed by atoms with E-state index in [1.165, 1.54) is 0 Å². The molecule has 0 radical (unpaired) electrons. The molecule has 4 heteroatoms. The van der Waals surface area contributed by atoms with E-state index in [1.807, 2.05) is 18.4 Å². The molecule has 13 heavy (non-hydrogen) atoms. The first-order chi connectivity index (χ1) is 6.36. The Hall–Kier alpha value is -1.84. The summed E-state index contributed by atoms with van der Waals surface area (Å²) in [7, 11) is 0. The van der Waals surface area contributed by atoms with Crippen molar-refractivity contribution < 1.29 is 0 Å². The number of rotatable bonds is 1. The Kier molecular flexibility index (Phi) is 1.96. The predicted molar refractivity (Wildman–Crippen MR) is 51.6 cm³/mol. The highest BCUT2D eigenvalue weighted by Gasteiger charge is 2.03. The molecule has 2 heterocycles. The molecule has 4 nitrogen and oxygen atoms in total. The van der Waals surface area contributed by atoms with Crippen LogP contribution in [0, 0.1) is 0 Å². The van der Waals surface area contributed by atoms with Crippen LogP contribution >= 0.6 is 0 Å². The predicted octanol–water partition coefficient (Wildman–Crippen LogP) is 0.559. The van der Waals surface area contributed by atoms with Gasteiger partial charge in [0.2, 0.25) is 0 Å². The molecule has 0 saturated carbocycles. The van der Waals surface area contributed by atoms with E-state index < -0.39 is 0 Å². The number of dihydropyridines is 1. The number of anilines is 1. The third-order valence-electron chi connectivity index (χ3n) is 1.73. The standard InChI is InChI=1S/C9H10N4/c10-8-3-5-12-9(13-8)7-2-1-4-11-6-7/h1-3,5-6,11H,4H2,(H2,10,12,13).